The molecule has 1 atom stereocenters. The van der Waals surface area contributed by atoms with Gasteiger partial charge in [-0.05, 0) is 47.1 Å². The standard InChI is InChI=1S/C17H14BrNO5/c1-10(24-17(21)12-4-2-3-5-13(12)18)16(20)19-11-6-7-14-15(8-11)23-9-22-14/h2-8,10H,9H2,1H3,(H,19,20)/t10-/m1/s1. The van der Waals surface area contributed by atoms with Crippen LogP contribution in [-0.4, -0.2) is 24.8 Å². The minimum Gasteiger partial charge on any atom is -0.454 e. The second-order valence-electron chi connectivity index (χ2n) is 5.08. The maximum absolute atomic E-state index is 12.2. The monoisotopic (exact) mass is 391 g/mol. The van der Waals surface area contributed by atoms with Crippen LogP contribution in [0.4, 0.5) is 5.69 Å². The highest BCUT2D eigenvalue weighted by Crippen LogP contribution is 2.34. The van der Waals surface area contributed by atoms with Gasteiger partial charge in [0.25, 0.3) is 5.91 Å². The normalized spacial score (nSPS) is 13.2. The summed E-state index contributed by atoms with van der Waals surface area (Å²) in [5, 5.41) is 2.68. The topological polar surface area (TPSA) is 73.9 Å². The third kappa shape index (κ3) is 3.51. The summed E-state index contributed by atoms with van der Waals surface area (Å²) in [6.07, 6.45) is -0.949. The third-order valence-electron chi connectivity index (χ3n) is 3.39. The fraction of sp³-hybridized carbons (Fsp3) is 0.176. The predicted molar refractivity (Wildman–Crippen MR) is 90.2 cm³/mol. The van der Waals surface area contributed by atoms with E-state index in [-0.39, 0.29) is 6.79 Å². The molecular formula is C17H14BrNO5. The Morgan fingerprint density at radius 3 is 2.71 bits per heavy atom. The van der Waals surface area contributed by atoms with Crippen LogP contribution in [0, 0.1) is 0 Å². The number of rotatable bonds is 4. The molecule has 1 aliphatic heterocycles. The smallest absolute Gasteiger partial charge is 0.340 e. The highest BCUT2D eigenvalue weighted by atomic mass is 79.9. The molecule has 2 aromatic carbocycles. The molecule has 0 spiro atoms. The van der Waals surface area contributed by atoms with Crippen molar-refractivity contribution in [2.75, 3.05) is 12.1 Å². The summed E-state index contributed by atoms with van der Waals surface area (Å²) in [4.78, 5) is 24.3. The first-order valence-corrected chi connectivity index (χ1v) is 8.00. The second-order valence-corrected chi connectivity index (χ2v) is 5.94. The lowest BCUT2D eigenvalue weighted by Gasteiger charge is -2.14. The summed E-state index contributed by atoms with van der Waals surface area (Å²) < 4.78 is 16.3. The molecular weight excluding hydrogens is 378 g/mol. The van der Waals surface area contributed by atoms with Gasteiger partial charge in [0.1, 0.15) is 0 Å². The summed E-state index contributed by atoms with van der Waals surface area (Å²) in [6.45, 7) is 1.67. The molecule has 0 bridgehead atoms. The number of nitrogens with one attached hydrogen (secondary N) is 1. The van der Waals surface area contributed by atoms with E-state index in [0.717, 1.165) is 0 Å². The zero-order chi connectivity index (χ0) is 17.1. The zero-order valence-electron chi connectivity index (χ0n) is 12.7. The number of hydrogen-bond acceptors (Lipinski definition) is 5. The van der Waals surface area contributed by atoms with E-state index in [9.17, 15) is 9.59 Å². The van der Waals surface area contributed by atoms with Gasteiger partial charge >= 0.3 is 5.97 Å². The second kappa shape index (κ2) is 6.92. The van der Waals surface area contributed by atoms with Gasteiger partial charge in [-0.1, -0.05) is 12.1 Å². The highest BCUT2D eigenvalue weighted by Gasteiger charge is 2.21. The molecule has 0 fully saturated rings. The van der Waals surface area contributed by atoms with Crippen LogP contribution in [0.15, 0.2) is 46.9 Å². The van der Waals surface area contributed by atoms with Gasteiger partial charge in [-0.2, -0.15) is 0 Å². The lowest BCUT2D eigenvalue weighted by Crippen LogP contribution is -2.30. The van der Waals surface area contributed by atoms with E-state index in [2.05, 4.69) is 21.2 Å². The van der Waals surface area contributed by atoms with Crippen molar-refractivity contribution in [2.24, 2.45) is 0 Å². The lowest BCUT2D eigenvalue weighted by atomic mass is 10.2. The molecule has 1 amide bonds. The summed E-state index contributed by atoms with van der Waals surface area (Å²) in [7, 11) is 0. The molecule has 1 heterocycles. The Balaban J connectivity index is 1.63. The molecule has 0 unspecified atom stereocenters. The van der Waals surface area contributed by atoms with Crippen LogP contribution in [0.25, 0.3) is 0 Å². The largest absolute Gasteiger partial charge is 0.454 e. The zero-order valence-corrected chi connectivity index (χ0v) is 14.3. The number of ether oxygens (including phenoxy) is 3. The van der Waals surface area contributed by atoms with Gasteiger partial charge < -0.3 is 19.5 Å². The van der Waals surface area contributed by atoms with Crippen molar-refractivity contribution in [1.82, 2.24) is 0 Å². The SMILES string of the molecule is C[C@@H](OC(=O)c1ccccc1Br)C(=O)Nc1ccc2c(c1)OCO2. The van der Waals surface area contributed by atoms with Crippen LogP contribution in [0.2, 0.25) is 0 Å². The molecule has 7 heteroatoms. The van der Waals surface area contributed by atoms with Gasteiger partial charge in [0.15, 0.2) is 17.6 Å². The molecule has 0 aromatic heterocycles. The predicted octanol–water partition coefficient (Wildman–Crippen LogP) is 3.36. The van der Waals surface area contributed by atoms with Crippen molar-refractivity contribution in [2.45, 2.75) is 13.0 Å². The molecule has 3 rings (SSSR count). The summed E-state index contributed by atoms with van der Waals surface area (Å²) in [5.41, 5.74) is 0.897. The first-order valence-electron chi connectivity index (χ1n) is 7.20. The number of carbonyl (C=O) groups excluding carboxylic acids is 2. The van der Waals surface area contributed by atoms with E-state index >= 15 is 0 Å². The fourth-order valence-electron chi connectivity index (χ4n) is 2.12. The Kier molecular flexibility index (Phi) is 4.71. The van der Waals surface area contributed by atoms with Gasteiger partial charge in [-0.3, -0.25) is 4.79 Å². The Bertz CT molecular complexity index is 792. The number of fused-ring (bicyclic) bond motifs is 1. The quantitative estimate of drug-likeness (QED) is 0.808. The number of carbonyl (C=O) groups is 2. The average Bonchev–Trinajstić information content (AvgIpc) is 3.02. The van der Waals surface area contributed by atoms with Crippen molar-refractivity contribution in [3.8, 4) is 11.5 Å². The number of amides is 1. The van der Waals surface area contributed by atoms with Gasteiger partial charge in [0.2, 0.25) is 6.79 Å². The van der Waals surface area contributed by atoms with Crippen LogP contribution < -0.4 is 14.8 Å². The van der Waals surface area contributed by atoms with Gasteiger partial charge in [0.05, 0.1) is 5.56 Å². The maximum Gasteiger partial charge on any atom is 0.340 e. The molecule has 0 saturated heterocycles. The number of benzene rings is 2. The van der Waals surface area contributed by atoms with E-state index in [1.165, 1.54) is 6.92 Å². The Hall–Kier alpha value is -2.54. The molecule has 0 aliphatic carbocycles. The number of hydrogen-bond donors (Lipinski definition) is 1. The minimum absolute atomic E-state index is 0.159. The van der Waals surface area contributed by atoms with E-state index < -0.39 is 18.0 Å². The van der Waals surface area contributed by atoms with Gasteiger partial charge in [-0.25, -0.2) is 4.79 Å². The van der Waals surface area contributed by atoms with Crippen LogP contribution in [-0.2, 0) is 9.53 Å². The Morgan fingerprint density at radius 2 is 1.92 bits per heavy atom. The lowest BCUT2D eigenvalue weighted by molar-refractivity contribution is -0.123. The molecule has 0 radical (unpaired) electrons. The summed E-state index contributed by atoms with van der Waals surface area (Å²) in [6, 6.07) is 11.9. The first kappa shape index (κ1) is 16.3. The van der Waals surface area contributed by atoms with E-state index in [4.69, 9.17) is 14.2 Å². The number of halogens is 1. The van der Waals surface area contributed by atoms with Crippen molar-refractivity contribution in [3.05, 3.63) is 52.5 Å². The number of esters is 1. The summed E-state index contributed by atoms with van der Waals surface area (Å²) in [5.74, 6) is 0.178. The third-order valence-corrected chi connectivity index (χ3v) is 4.08. The van der Waals surface area contributed by atoms with E-state index in [1.807, 2.05) is 0 Å². The van der Waals surface area contributed by atoms with Crippen LogP contribution in [0.3, 0.4) is 0 Å². The van der Waals surface area contributed by atoms with Crippen LogP contribution in [0.5, 0.6) is 11.5 Å². The van der Waals surface area contributed by atoms with Crippen LogP contribution in [0.1, 0.15) is 17.3 Å². The molecule has 1 aliphatic rings. The van der Waals surface area contributed by atoms with Crippen molar-refractivity contribution in [3.63, 3.8) is 0 Å². The average molecular weight is 392 g/mol. The van der Waals surface area contributed by atoms with E-state index in [1.54, 1.807) is 42.5 Å². The minimum atomic E-state index is -0.949. The van der Waals surface area contributed by atoms with Crippen molar-refractivity contribution >= 4 is 33.5 Å². The van der Waals surface area contributed by atoms with Gasteiger partial charge in [0, 0.05) is 16.2 Å². The van der Waals surface area contributed by atoms with Gasteiger partial charge in [-0.15, -0.1) is 0 Å². The molecule has 124 valence electrons. The maximum atomic E-state index is 12.2. The molecule has 6 nitrogen and oxygen atoms in total. The summed E-state index contributed by atoms with van der Waals surface area (Å²) >= 11 is 3.28. The van der Waals surface area contributed by atoms with Crippen LogP contribution >= 0.6 is 15.9 Å². The first-order chi connectivity index (χ1) is 11.5. The van der Waals surface area contributed by atoms with Crippen molar-refractivity contribution < 1.29 is 23.8 Å². The Labute approximate surface area is 146 Å². The molecule has 24 heavy (non-hydrogen) atoms. The molecule has 1 N–H and O–H groups in total. The highest BCUT2D eigenvalue weighted by molar-refractivity contribution is 9.10. The molecule has 0 saturated carbocycles. The fourth-order valence-corrected chi connectivity index (χ4v) is 2.57. The van der Waals surface area contributed by atoms with Crippen molar-refractivity contribution in [1.29, 1.82) is 0 Å². The Morgan fingerprint density at radius 1 is 1.17 bits per heavy atom. The molecule has 2 aromatic rings. The number of anilines is 1. The van der Waals surface area contributed by atoms with E-state index in [0.29, 0.717) is 27.2 Å².